The number of anilines is 1. The Bertz CT molecular complexity index is 373. The molecule has 0 aliphatic carbocycles. The molecular formula is C7H4F2IN3. The number of aromatic nitrogens is 1. The highest BCUT2D eigenvalue weighted by atomic mass is 127. The van der Waals surface area contributed by atoms with Crippen LogP contribution in [-0.4, -0.2) is 4.98 Å². The van der Waals surface area contributed by atoms with Gasteiger partial charge in [-0.2, -0.15) is 5.26 Å². The van der Waals surface area contributed by atoms with Crippen molar-refractivity contribution in [2.75, 3.05) is 5.73 Å². The Morgan fingerprint density at radius 3 is 2.69 bits per heavy atom. The lowest BCUT2D eigenvalue weighted by Gasteiger charge is -2.04. The maximum absolute atomic E-state index is 12.3. The molecule has 1 rings (SSSR count). The van der Waals surface area contributed by atoms with Crippen LogP contribution in [0.25, 0.3) is 0 Å². The Hall–Kier alpha value is -0.970. The summed E-state index contributed by atoms with van der Waals surface area (Å²) in [6.45, 7) is 0. The highest BCUT2D eigenvalue weighted by Gasteiger charge is 2.16. The minimum atomic E-state index is -2.70. The van der Waals surface area contributed by atoms with Gasteiger partial charge in [0.2, 0.25) is 0 Å². The van der Waals surface area contributed by atoms with Gasteiger partial charge in [-0.15, -0.1) is 0 Å². The van der Waals surface area contributed by atoms with E-state index in [1.54, 1.807) is 28.7 Å². The van der Waals surface area contributed by atoms with E-state index in [1.807, 2.05) is 0 Å². The van der Waals surface area contributed by atoms with Crippen molar-refractivity contribution >= 4 is 28.4 Å². The van der Waals surface area contributed by atoms with Crippen LogP contribution in [0.3, 0.4) is 0 Å². The average Bonchev–Trinajstić information content (AvgIpc) is 2.08. The first-order chi connectivity index (χ1) is 6.06. The predicted octanol–water partition coefficient (Wildman–Crippen LogP) is 2.08. The number of nitrogens with two attached hydrogens (primary N) is 1. The number of nitrogens with zero attached hydrogens (tertiary/aromatic N) is 2. The van der Waals surface area contributed by atoms with Crippen LogP contribution < -0.4 is 5.73 Å². The fourth-order valence-electron chi connectivity index (χ4n) is 0.773. The van der Waals surface area contributed by atoms with Crippen LogP contribution in [0.4, 0.5) is 14.6 Å². The van der Waals surface area contributed by atoms with Crippen molar-refractivity contribution in [2.45, 2.75) is 6.43 Å². The fourth-order valence-corrected chi connectivity index (χ4v) is 1.23. The van der Waals surface area contributed by atoms with E-state index >= 15 is 0 Å². The summed E-state index contributed by atoms with van der Waals surface area (Å²) >= 11 is 1.79. The van der Waals surface area contributed by atoms with E-state index in [9.17, 15) is 8.78 Å². The van der Waals surface area contributed by atoms with Crippen LogP contribution in [0.5, 0.6) is 0 Å². The van der Waals surface area contributed by atoms with E-state index in [0.29, 0.717) is 3.57 Å². The number of hydrogen-bond acceptors (Lipinski definition) is 3. The van der Waals surface area contributed by atoms with Crippen molar-refractivity contribution in [1.29, 1.82) is 5.26 Å². The van der Waals surface area contributed by atoms with Gasteiger partial charge in [-0.05, 0) is 28.7 Å². The van der Waals surface area contributed by atoms with Crippen molar-refractivity contribution in [3.63, 3.8) is 0 Å². The molecular weight excluding hydrogens is 291 g/mol. The third-order valence-electron chi connectivity index (χ3n) is 1.37. The molecule has 0 saturated carbocycles. The molecule has 0 fully saturated rings. The molecule has 3 nitrogen and oxygen atoms in total. The first kappa shape index (κ1) is 10.1. The number of pyridine rings is 1. The van der Waals surface area contributed by atoms with E-state index in [2.05, 4.69) is 4.98 Å². The predicted molar refractivity (Wildman–Crippen MR) is 51.0 cm³/mol. The molecule has 0 radical (unpaired) electrons. The number of halogens is 3. The minimum Gasteiger partial charge on any atom is -0.383 e. The second kappa shape index (κ2) is 3.83. The minimum absolute atomic E-state index is 0.0987. The van der Waals surface area contributed by atoms with Crippen LogP contribution >= 0.6 is 22.6 Å². The van der Waals surface area contributed by atoms with Crippen molar-refractivity contribution in [3.8, 4) is 6.07 Å². The molecule has 0 atom stereocenters. The lowest BCUT2D eigenvalue weighted by atomic mass is 10.2. The molecule has 1 heterocycles. The van der Waals surface area contributed by atoms with E-state index in [1.165, 1.54) is 6.07 Å². The Balaban J connectivity index is 3.35. The molecule has 0 unspecified atom stereocenters. The summed E-state index contributed by atoms with van der Waals surface area (Å²) in [5, 5.41) is 8.48. The summed E-state index contributed by atoms with van der Waals surface area (Å²) in [4.78, 5) is 3.54. The number of rotatable bonds is 1. The molecule has 6 heteroatoms. The molecule has 0 saturated heterocycles. The normalized spacial score (nSPS) is 10.1. The van der Waals surface area contributed by atoms with Gasteiger partial charge in [0.15, 0.2) is 5.69 Å². The molecule has 0 bridgehead atoms. The molecule has 0 amide bonds. The Morgan fingerprint density at radius 1 is 1.62 bits per heavy atom. The summed E-state index contributed by atoms with van der Waals surface area (Å²) in [5.41, 5.74) is 4.66. The lowest BCUT2D eigenvalue weighted by molar-refractivity contribution is 0.150. The van der Waals surface area contributed by atoms with Gasteiger partial charge < -0.3 is 5.73 Å². The Kier molecular flexibility index (Phi) is 2.98. The van der Waals surface area contributed by atoms with Gasteiger partial charge in [0.1, 0.15) is 11.9 Å². The lowest BCUT2D eigenvalue weighted by Crippen LogP contribution is -2.01. The molecule has 0 spiro atoms. The monoisotopic (exact) mass is 295 g/mol. The summed E-state index contributed by atoms with van der Waals surface area (Å²) < 4.78 is 25.0. The third kappa shape index (κ3) is 2.03. The van der Waals surface area contributed by atoms with Gasteiger partial charge in [-0.3, -0.25) is 0 Å². The smallest absolute Gasteiger partial charge is 0.266 e. The van der Waals surface area contributed by atoms with E-state index < -0.39 is 6.43 Å². The number of nitrogen functional groups attached to an aromatic ring is 1. The second-order valence-electron chi connectivity index (χ2n) is 2.21. The maximum atomic E-state index is 12.3. The average molecular weight is 295 g/mol. The van der Waals surface area contributed by atoms with Crippen LogP contribution in [0.15, 0.2) is 6.07 Å². The second-order valence-corrected chi connectivity index (χ2v) is 3.37. The van der Waals surface area contributed by atoms with E-state index in [4.69, 9.17) is 11.0 Å². The zero-order valence-electron chi connectivity index (χ0n) is 6.26. The number of nitriles is 1. The van der Waals surface area contributed by atoms with E-state index in [-0.39, 0.29) is 17.1 Å². The first-order valence-electron chi connectivity index (χ1n) is 3.20. The Labute approximate surface area is 86.7 Å². The van der Waals surface area contributed by atoms with Gasteiger partial charge >= 0.3 is 0 Å². The van der Waals surface area contributed by atoms with Crippen LogP contribution in [-0.2, 0) is 0 Å². The number of hydrogen-bond donors (Lipinski definition) is 1. The summed E-state index contributed by atoms with van der Waals surface area (Å²) in [6.07, 6.45) is -2.70. The van der Waals surface area contributed by atoms with Gasteiger partial charge in [0.05, 0.1) is 9.13 Å². The SMILES string of the molecule is N#Cc1nc(N)c(I)cc1C(F)F. The quantitative estimate of drug-likeness (QED) is 0.807. The van der Waals surface area contributed by atoms with Gasteiger partial charge in [-0.1, -0.05) is 0 Å². The highest BCUT2D eigenvalue weighted by Crippen LogP contribution is 2.25. The molecule has 13 heavy (non-hydrogen) atoms. The van der Waals surface area contributed by atoms with Crippen LogP contribution in [0, 0.1) is 14.9 Å². The molecule has 0 aliphatic heterocycles. The highest BCUT2D eigenvalue weighted by molar-refractivity contribution is 14.1. The largest absolute Gasteiger partial charge is 0.383 e. The molecule has 0 aliphatic rings. The standard InChI is InChI=1S/C7H4F2IN3/c8-6(9)3-1-4(10)7(12)13-5(3)2-11/h1,6H,(H2,12,13). The summed E-state index contributed by atoms with van der Waals surface area (Å²) in [5.74, 6) is 0.0987. The van der Waals surface area contributed by atoms with Crippen molar-refractivity contribution < 1.29 is 8.78 Å². The van der Waals surface area contributed by atoms with E-state index in [0.717, 1.165) is 0 Å². The molecule has 1 aromatic rings. The zero-order chi connectivity index (χ0) is 10.0. The number of alkyl halides is 2. The molecule has 2 N–H and O–H groups in total. The third-order valence-corrected chi connectivity index (χ3v) is 2.24. The van der Waals surface area contributed by atoms with Gasteiger partial charge in [0, 0.05) is 0 Å². The summed E-state index contributed by atoms with van der Waals surface area (Å²) in [6, 6.07) is 2.74. The van der Waals surface area contributed by atoms with Crippen molar-refractivity contribution in [2.24, 2.45) is 0 Å². The van der Waals surface area contributed by atoms with Gasteiger partial charge in [0.25, 0.3) is 6.43 Å². The topological polar surface area (TPSA) is 62.7 Å². The fraction of sp³-hybridized carbons (Fsp3) is 0.143. The molecule has 0 aromatic carbocycles. The van der Waals surface area contributed by atoms with Crippen molar-refractivity contribution in [1.82, 2.24) is 4.98 Å². The van der Waals surface area contributed by atoms with Crippen LogP contribution in [0.1, 0.15) is 17.7 Å². The zero-order valence-corrected chi connectivity index (χ0v) is 8.42. The first-order valence-corrected chi connectivity index (χ1v) is 4.28. The maximum Gasteiger partial charge on any atom is 0.266 e. The van der Waals surface area contributed by atoms with Gasteiger partial charge in [-0.25, -0.2) is 13.8 Å². The summed E-state index contributed by atoms with van der Waals surface area (Å²) in [7, 11) is 0. The van der Waals surface area contributed by atoms with Crippen LogP contribution in [0.2, 0.25) is 0 Å². The Morgan fingerprint density at radius 2 is 2.23 bits per heavy atom. The van der Waals surface area contributed by atoms with Crippen molar-refractivity contribution in [3.05, 3.63) is 20.9 Å². The molecule has 68 valence electrons. The molecule has 1 aromatic heterocycles.